The van der Waals surface area contributed by atoms with Crippen molar-refractivity contribution >= 4 is 38.7 Å². The molecule has 128 valence electrons. The lowest BCUT2D eigenvalue weighted by atomic mass is 9.99. The molecule has 1 saturated heterocycles. The zero-order chi connectivity index (χ0) is 16.7. The third-order valence-electron chi connectivity index (χ3n) is 4.55. The fourth-order valence-corrected chi connectivity index (χ4v) is 5.33. The number of nitrogens with one attached hydrogen (secondary N) is 1. The van der Waals surface area contributed by atoms with E-state index >= 15 is 0 Å². The highest BCUT2D eigenvalue weighted by Crippen LogP contribution is 2.28. The number of carbonyl (C=O) groups excluding carboxylic acids is 1. The maximum atomic E-state index is 13.0. The molecule has 2 aromatic rings. The fourth-order valence-electron chi connectivity index (χ4n) is 3.05. The molecule has 2 heterocycles. The summed E-state index contributed by atoms with van der Waals surface area (Å²) < 4.78 is 35.7. The van der Waals surface area contributed by atoms with Crippen LogP contribution in [0.5, 0.6) is 0 Å². The van der Waals surface area contributed by atoms with Gasteiger partial charge in [-0.1, -0.05) is 6.07 Å². The molecule has 2 fully saturated rings. The SMILES string of the molecule is O=C(NC1CC1)C1CCCN(S(=O)(=O)c2cccc3nsnc23)C1. The summed E-state index contributed by atoms with van der Waals surface area (Å²) in [5.74, 6) is -0.298. The smallest absolute Gasteiger partial charge is 0.245 e. The third kappa shape index (κ3) is 2.91. The molecule has 9 heteroatoms. The van der Waals surface area contributed by atoms with Gasteiger partial charge in [-0.15, -0.1) is 0 Å². The summed E-state index contributed by atoms with van der Waals surface area (Å²) in [4.78, 5) is 12.5. The number of nitrogens with zero attached hydrogens (tertiary/aromatic N) is 3. The summed E-state index contributed by atoms with van der Waals surface area (Å²) in [5, 5.41) is 2.98. The third-order valence-corrected chi connectivity index (χ3v) is 6.98. The first-order valence-corrected chi connectivity index (χ1v) is 10.2. The van der Waals surface area contributed by atoms with E-state index in [1.54, 1.807) is 18.2 Å². The number of fused-ring (bicyclic) bond motifs is 1. The fraction of sp³-hybridized carbons (Fsp3) is 0.533. The van der Waals surface area contributed by atoms with Crippen molar-refractivity contribution in [3.8, 4) is 0 Å². The van der Waals surface area contributed by atoms with E-state index in [0.29, 0.717) is 30.0 Å². The van der Waals surface area contributed by atoms with Crippen molar-refractivity contribution in [3.63, 3.8) is 0 Å². The van der Waals surface area contributed by atoms with Gasteiger partial charge in [0.15, 0.2) is 0 Å². The highest BCUT2D eigenvalue weighted by atomic mass is 32.2. The minimum Gasteiger partial charge on any atom is -0.353 e. The quantitative estimate of drug-likeness (QED) is 0.882. The molecule has 1 atom stereocenters. The maximum absolute atomic E-state index is 13.0. The molecule has 7 nitrogen and oxygen atoms in total. The minimum atomic E-state index is -3.68. The maximum Gasteiger partial charge on any atom is 0.245 e. The zero-order valence-corrected chi connectivity index (χ0v) is 14.6. The zero-order valence-electron chi connectivity index (χ0n) is 13.0. The second kappa shape index (κ2) is 6.05. The van der Waals surface area contributed by atoms with Crippen molar-refractivity contribution in [1.29, 1.82) is 0 Å². The summed E-state index contributed by atoms with van der Waals surface area (Å²) in [6.45, 7) is 0.665. The number of benzene rings is 1. The van der Waals surface area contributed by atoms with Gasteiger partial charge < -0.3 is 5.32 Å². The number of piperidine rings is 1. The number of carbonyl (C=O) groups is 1. The summed E-state index contributed by atoms with van der Waals surface area (Å²) in [6, 6.07) is 5.28. The van der Waals surface area contributed by atoms with Gasteiger partial charge in [0.05, 0.1) is 17.6 Å². The lowest BCUT2D eigenvalue weighted by Gasteiger charge is -2.31. The van der Waals surface area contributed by atoms with Gasteiger partial charge >= 0.3 is 0 Å². The van der Waals surface area contributed by atoms with E-state index in [0.717, 1.165) is 31.0 Å². The molecule has 2 aliphatic rings. The molecule has 0 bridgehead atoms. The van der Waals surface area contributed by atoms with E-state index in [2.05, 4.69) is 14.1 Å². The van der Waals surface area contributed by atoms with Crippen molar-refractivity contribution in [2.45, 2.75) is 36.6 Å². The summed E-state index contributed by atoms with van der Waals surface area (Å²) in [6.07, 6.45) is 3.47. The second-order valence-electron chi connectivity index (χ2n) is 6.37. The van der Waals surface area contributed by atoms with E-state index in [-0.39, 0.29) is 23.3 Å². The monoisotopic (exact) mass is 366 g/mol. The number of sulfonamides is 1. The van der Waals surface area contributed by atoms with E-state index in [4.69, 9.17) is 0 Å². The van der Waals surface area contributed by atoms with E-state index in [9.17, 15) is 13.2 Å². The average Bonchev–Trinajstić information content (AvgIpc) is 3.27. The first-order valence-electron chi connectivity index (χ1n) is 8.07. The van der Waals surface area contributed by atoms with Crippen LogP contribution in [0.1, 0.15) is 25.7 Å². The molecule has 1 aromatic heterocycles. The van der Waals surface area contributed by atoms with E-state index < -0.39 is 10.0 Å². The van der Waals surface area contributed by atoms with Gasteiger partial charge in [-0.3, -0.25) is 4.79 Å². The highest BCUT2D eigenvalue weighted by molar-refractivity contribution is 7.89. The Morgan fingerprint density at radius 2 is 2.08 bits per heavy atom. The average molecular weight is 366 g/mol. The number of rotatable bonds is 4. The largest absolute Gasteiger partial charge is 0.353 e. The second-order valence-corrected chi connectivity index (χ2v) is 8.81. The van der Waals surface area contributed by atoms with Crippen LogP contribution in [0.25, 0.3) is 11.0 Å². The van der Waals surface area contributed by atoms with Crippen LogP contribution in [0.15, 0.2) is 23.1 Å². The van der Waals surface area contributed by atoms with Crippen molar-refractivity contribution in [3.05, 3.63) is 18.2 Å². The molecule has 1 saturated carbocycles. The first-order chi connectivity index (χ1) is 11.6. The Kier molecular flexibility index (Phi) is 4.01. The molecule has 4 rings (SSSR count). The van der Waals surface area contributed by atoms with E-state index in [1.165, 1.54) is 4.31 Å². The number of hydrogen-bond donors (Lipinski definition) is 1. The molecule has 1 N–H and O–H groups in total. The van der Waals surface area contributed by atoms with Gasteiger partial charge in [0, 0.05) is 19.1 Å². The van der Waals surface area contributed by atoms with E-state index in [1.807, 2.05) is 0 Å². The van der Waals surface area contributed by atoms with Crippen molar-refractivity contribution in [2.24, 2.45) is 5.92 Å². The Hall–Kier alpha value is -1.58. The van der Waals surface area contributed by atoms with Crippen LogP contribution in [-0.4, -0.2) is 46.5 Å². The summed E-state index contributed by atoms with van der Waals surface area (Å²) in [5.41, 5.74) is 0.994. The van der Waals surface area contributed by atoms with Gasteiger partial charge in [0.25, 0.3) is 0 Å². The standard InChI is InChI=1S/C15H18N4O3S2/c20-15(16-11-6-7-11)10-3-2-8-19(9-10)24(21,22)13-5-1-4-12-14(13)18-23-17-12/h1,4-5,10-11H,2-3,6-9H2,(H,16,20). The van der Waals surface area contributed by atoms with Crippen LogP contribution < -0.4 is 5.32 Å². The molecule has 1 unspecified atom stereocenters. The van der Waals surface area contributed by atoms with Crippen LogP contribution in [0.4, 0.5) is 0 Å². The van der Waals surface area contributed by atoms with Crippen LogP contribution >= 0.6 is 11.7 Å². The Bertz CT molecular complexity index is 876. The van der Waals surface area contributed by atoms with Crippen LogP contribution in [0, 0.1) is 5.92 Å². The predicted octanol–water partition coefficient (Wildman–Crippen LogP) is 1.37. The lowest BCUT2D eigenvalue weighted by molar-refractivity contribution is -0.126. The predicted molar refractivity (Wildman–Crippen MR) is 90.1 cm³/mol. The molecule has 0 spiro atoms. The Morgan fingerprint density at radius 1 is 1.25 bits per heavy atom. The number of amides is 1. The minimum absolute atomic E-state index is 0.0223. The highest BCUT2D eigenvalue weighted by Gasteiger charge is 2.36. The van der Waals surface area contributed by atoms with Gasteiger partial charge in [-0.05, 0) is 37.8 Å². The topological polar surface area (TPSA) is 92.3 Å². The van der Waals surface area contributed by atoms with Gasteiger partial charge in [-0.25, -0.2) is 8.42 Å². The summed E-state index contributed by atoms with van der Waals surface area (Å²) in [7, 11) is -3.68. The van der Waals surface area contributed by atoms with Crippen LogP contribution in [-0.2, 0) is 14.8 Å². The number of hydrogen-bond acceptors (Lipinski definition) is 6. The first kappa shape index (κ1) is 15.9. The van der Waals surface area contributed by atoms with Crippen molar-refractivity contribution < 1.29 is 13.2 Å². The van der Waals surface area contributed by atoms with Gasteiger partial charge in [-0.2, -0.15) is 13.1 Å². The molecule has 1 aliphatic heterocycles. The Balaban J connectivity index is 1.59. The Morgan fingerprint density at radius 3 is 2.88 bits per heavy atom. The molecule has 0 radical (unpaired) electrons. The normalized spacial score (nSPS) is 22.6. The van der Waals surface area contributed by atoms with Crippen LogP contribution in [0.2, 0.25) is 0 Å². The molecular weight excluding hydrogens is 348 g/mol. The molecular formula is C15H18N4O3S2. The lowest BCUT2D eigenvalue weighted by Crippen LogP contribution is -2.45. The molecule has 1 amide bonds. The van der Waals surface area contributed by atoms with Gasteiger partial charge in [0.2, 0.25) is 15.9 Å². The Labute approximate surface area is 144 Å². The molecule has 24 heavy (non-hydrogen) atoms. The van der Waals surface area contributed by atoms with Crippen LogP contribution in [0.3, 0.4) is 0 Å². The molecule has 1 aliphatic carbocycles. The van der Waals surface area contributed by atoms with Crippen molar-refractivity contribution in [2.75, 3.05) is 13.1 Å². The van der Waals surface area contributed by atoms with Crippen molar-refractivity contribution in [1.82, 2.24) is 18.4 Å². The summed E-state index contributed by atoms with van der Waals surface area (Å²) >= 11 is 1.00. The molecule has 1 aromatic carbocycles. The van der Waals surface area contributed by atoms with Gasteiger partial charge in [0.1, 0.15) is 15.9 Å². The number of aromatic nitrogens is 2.